The highest BCUT2D eigenvalue weighted by Gasteiger charge is 2.42. The van der Waals surface area contributed by atoms with Gasteiger partial charge in [-0.2, -0.15) is 0 Å². The van der Waals surface area contributed by atoms with Gasteiger partial charge < -0.3 is 14.2 Å². The van der Waals surface area contributed by atoms with Crippen LogP contribution >= 0.6 is 0 Å². The molecule has 3 atom stereocenters. The summed E-state index contributed by atoms with van der Waals surface area (Å²) in [5.74, 6) is 0.314. The Morgan fingerprint density at radius 3 is 2.84 bits per heavy atom. The Morgan fingerprint density at radius 1 is 1.37 bits per heavy atom. The Morgan fingerprint density at radius 2 is 2.16 bits per heavy atom. The van der Waals surface area contributed by atoms with Gasteiger partial charge >= 0.3 is 0 Å². The predicted octanol–water partition coefficient (Wildman–Crippen LogP) is -0.464. The molecule has 0 aromatic rings. The van der Waals surface area contributed by atoms with Gasteiger partial charge in [0.15, 0.2) is 9.84 Å². The highest BCUT2D eigenvalue weighted by atomic mass is 32.2. The van der Waals surface area contributed by atoms with Crippen LogP contribution in [-0.4, -0.2) is 83.1 Å². The van der Waals surface area contributed by atoms with E-state index in [4.69, 9.17) is 14.2 Å². The van der Waals surface area contributed by atoms with Crippen LogP contribution in [0.3, 0.4) is 0 Å². The molecule has 19 heavy (non-hydrogen) atoms. The maximum atomic E-state index is 11.7. The van der Waals surface area contributed by atoms with Gasteiger partial charge in [0.1, 0.15) is 0 Å². The van der Waals surface area contributed by atoms with E-state index in [-0.39, 0.29) is 29.8 Å². The van der Waals surface area contributed by atoms with E-state index >= 15 is 0 Å². The van der Waals surface area contributed by atoms with Crippen LogP contribution in [0, 0.1) is 0 Å². The number of morpholine rings is 1. The Bertz CT molecular complexity index is 386. The largest absolute Gasteiger partial charge is 0.379 e. The first kappa shape index (κ1) is 15.2. The van der Waals surface area contributed by atoms with Crippen LogP contribution in [0.25, 0.3) is 0 Å². The van der Waals surface area contributed by atoms with Crippen LogP contribution in [0.2, 0.25) is 0 Å². The Labute approximate surface area is 114 Å². The number of methoxy groups -OCH3 is 1. The molecule has 0 bridgehead atoms. The zero-order valence-electron chi connectivity index (χ0n) is 11.6. The molecule has 7 heteroatoms. The van der Waals surface area contributed by atoms with E-state index in [1.807, 2.05) is 6.92 Å². The summed E-state index contributed by atoms with van der Waals surface area (Å²) in [6.07, 6.45) is -0.203. The molecule has 0 aliphatic carbocycles. The van der Waals surface area contributed by atoms with E-state index in [1.54, 1.807) is 7.11 Å². The van der Waals surface area contributed by atoms with Gasteiger partial charge in [-0.3, -0.25) is 4.90 Å². The van der Waals surface area contributed by atoms with E-state index in [0.717, 1.165) is 6.54 Å². The second-order valence-corrected chi connectivity index (χ2v) is 7.22. The monoisotopic (exact) mass is 293 g/mol. The lowest BCUT2D eigenvalue weighted by molar-refractivity contribution is -0.0876. The van der Waals surface area contributed by atoms with Crippen LogP contribution in [0.4, 0.5) is 0 Å². The summed E-state index contributed by atoms with van der Waals surface area (Å²) in [6.45, 7) is 5.25. The maximum Gasteiger partial charge on any atom is 0.154 e. The second kappa shape index (κ2) is 6.49. The molecular formula is C12H23NO5S. The lowest BCUT2D eigenvalue weighted by Gasteiger charge is -2.37. The van der Waals surface area contributed by atoms with Gasteiger partial charge in [-0.25, -0.2) is 8.42 Å². The number of ether oxygens (including phenoxy) is 3. The molecule has 0 aromatic carbocycles. The molecule has 2 fully saturated rings. The van der Waals surface area contributed by atoms with Crippen molar-refractivity contribution in [3.63, 3.8) is 0 Å². The van der Waals surface area contributed by atoms with Crippen molar-refractivity contribution in [2.24, 2.45) is 0 Å². The first-order chi connectivity index (χ1) is 9.05. The molecular weight excluding hydrogens is 270 g/mol. The van der Waals surface area contributed by atoms with Crippen molar-refractivity contribution in [3.8, 4) is 0 Å². The summed E-state index contributed by atoms with van der Waals surface area (Å²) in [5.41, 5.74) is 0. The lowest BCUT2D eigenvalue weighted by atomic mass is 10.1. The average molecular weight is 293 g/mol. The molecule has 2 saturated heterocycles. The summed E-state index contributed by atoms with van der Waals surface area (Å²) in [7, 11) is -1.40. The maximum absolute atomic E-state index is 11.7. The summed E-state index contributed by atoms with van der Waals surface area (Å²) >= 11 is 0. The fourth-order valence-electron chi connectivity index (χ4n) is 2.76. The lowest BCUT2D eigenvalue weighted by Crippen LogP contribution is -2.53. The zero-order valence-corrected chi connectivity index (χ0v) is 12.4. The summed E-state index contributed by atoms with van der Waals surface area (Å²) < 4.78 is 39.8. The van der Waals surface area contributed by atoms with E-state index in [0.29, 0.717) is 26.4 Å². The molecule has 6 nitrogen and oxygen atoms in total. The number of hydrogen-bond acceptors (Lipinski definition) is 6. The van der Waals surface area contributed by atoms with Gasteiger partial charge in [-0.15, -0.1) is 0 Å². The predicted molar refractivity (Wildman–Crippen MR) is 71.0 cm³/mol. The molecule has 2 aliphatic heterocycles. The molecule has 2 heterocycles. The average Bonchev–Trinajstić information content (AvgIpc) is 2.72. The van der Waals surface area contributed by atoms with Gasteiger partial charge in [0.25, 0.3) is 0 Å². The molecule has 2 aliphatic rings. The summed E-state index contributed by atoms with van der Waals surface area (Å²) in [4.78, 5) is 2.17. The first-order valence-electron chi connectivity index (χ1n) is 6.72. The third kappa shape index (κ3) is 3.88. The quantitative estimate of drug-likeness (QED) is 0.683. The van der Waals surface area contributed by atoms with Gasteiger partial charge in [0.05, 0.1) is 43.0 Å². The second-order valence-electron chi connectivity index (χ2n) is 5.07. The third-order valence-corrected chi connectivity index (χ3v) is 5.41. The van der Waals surface area contributed by atoms with E-state index in [9.17, 15) is 8.42 Å². The number of nitrogens with zero attached hydrogens (tertiary/aromatic N) is 1. The van der Waals surface area contributed by atoms with Crippen LogP contribution in [0.1, 0.15) is 6.92 Å². The SMILES string of the molecule is CCOCC1CN([C@@H]2CS(=O)(=O)C[C@@H]2OC)CCO1. The normalized spacial score (nSPS) is 35.6. The molecule has 1 unspecified atom stereocenters. The number of rotatable bonds is 5. The third-order valence-electron chi connectivity index (χ3n) is 3.72. The van der Waals surface area contributed by atoms with E-state index in [2.05, 4.69) is 4.90 Å². The van der Waals surface area contributed by atoms with Crippen molar-refractivity contribution in [1.82, 2.24) is 4.90 Å². The Balaban J connectivity index is 1.96. The fraction of sp³-hybridized carbons (Fsp3) is 1.00. The van der Waals surface area contributed by atoms with Crippen LogP contribution in [-0.2, 0) is 24.0 Å². The molecule has 0 amide bonds. The minimum absolute atomic E-state index is 0.0227. The number of sulfone groups is 1. The highest BCUT2D eigenvalue weighted by Crippen LogP contribution is 2.22. The zero-order chi connectivity index (χ0) is 13.9. The summed E-state index contributed by atoms with van der Waals surface area (Å²) in [6, 6.07) is -0.0528. The van der Waals surface area contributed by atoms with Crippen molar-refractivity contribution in [1.29, 1.82) is 0 Å². The van der Waals surface area contributed by atoms with Crippen molar-refractivity contribution in [3.05, 3.63) is 0 Å². The fourth-order valence-corrected chi connectivity index (χ4v) is 4.70. The molecule has 0 spiro atoms. The van der Waals surface area contributed by atoms with Crippen LogP contribution < -0.4 is 0 Å². The summed E-state index contributed by atoms with van der Waals surface area (Å²) in [5, 5.41) is 0. The minimum atomic E-state index is -2.98. The van der Waals surface area contributed by atoms with Gasteiger partial charge in [-0.1, -0.05) is 0 Å². The number of hydrogen-bond donors (Lipinski definition) is 0. The molecule has 0 radical (unpaired) electrons. The van der Waals surface area contributed by atoms with Gasteiger partial charge in [0, 0.05) is 26.8 Å². The smallest absolute Gasteiger partial charge is 0.154 e. The highest BCUT2D eigenvalue weighted by molar-refractivity contribution is 7.91. The Hall–Kier alpha value is -0.210. The molecule has 2 rings (SSSR count). The van der Waals surface area contributed by atoms with E-state index < -0.39 is 9.84 Å². The van der Waals surface area contributed by atoms with Gasteiger partial charge in [0.2, 0.25) is 0 Å². The van der Waals surface area contributed by atoms with Crippen molar-refractivity contribution in [2.45, 2.75) is 25.2 Å². The Kier molecular flexibility index (Phi) is 5.19. The molecule has 112 valence electrons. The van der Waals surface area contributed by atoms with Crippen LogP contribution in [0.15, 0.2) is 0 Å². The van der Waals surface area contributed by atoms with Crippen molar-refractivity contribution >= 4 is 9.84 Å². The molecule has 0 N–H and O–H groups in total. The molecule has 0 aromatic heterocycles. The topological polar surface area (TPSA) is 65.1 Å². The van der Waals surface area contributed by atoms with E-state index in [1.165, 1.54) is 0 Å². The standard InChI is InChI=1S/C12H23NO5S/c1-3-17-7-10-6-13(4-5-18-10)11-8-19(14,15)9-12(11)16-2/h10-12H,3-9H2,1-2H3/t10?,11-,12+/m1/s1. The van der Waals surface area contributed by atoms with Crippen LogP contribution in [0.5, 0.6) is 0 Å². The molecule has 0 saturated carbocycles. The van der Waals surface area contributed by atoms with Crippen molar-refractivity contribution < 1.29 is 22.6 Å². The minimum Gasteiger partial charge on any atom is -0.379 e. The first-order valence-corrected chi connectivity index (χ1v) is 8.54. The van der Waals surface area contributed by atoms with Crippen molar-refractivity contribution in [2.75, 3.05) is 51.5 Å². The van der Waals surface area contributed by atoms with Gasteiger partial charge in [-0.05, 0) is 6.92 Å².